The molecule has 0 unspecified atom stereocenters. The molecule has 130 valence electrons. The summed E-state index contributed by atoms with van der Waals surface area (Å²) in [6.07, 6.45) is 6.94. The third kappa shape index (κ3) is 7.68. The predicted octanol–water partition coefficient (Wildman–Crippen LogP) is 4.56. The van der Waals surface area contributed by atoms with Crippen molar-refractivity contribution < 1.29 is 19.0 Å². The summed E-state index contributed by atoms with van der Waals surface area (Å²) < 4.78 is 16.1. The second-order valence-electron chi connectivity index (χ2n) is 5.75. The fourth-order valence-corrected chi connectivity index (χ4v) is 1.71. The molecule has 0 aliphatic carbocycles. The van der Waals surface area contributed by atoms with Crippen LogP contribution in [0.3, 0.4) is 0 Å². The molecule has 0 saturated heterocycles. The summed E-state index contributed by atoms with van der Waals surface area (Å²) in [5.41, 5.74) is 3.14. The first kappa shape index (κ1) is 19.6. The van der Waals surface area contributed by atoms with E-state index in [1.165, 1.54) is 11.6 Å². The molecule has 0 aliphatic heterocycles. The number of ether oxygens (including phenoxy) is 3. The molecular weight excluding hydrogens is 304 g/mol. The van der Waals surface area contributed by atoms with Gasteiger partial charge in [-0.3, -0.25) is 0 Å². The summed E-state index contributed by atoms with van der Waals surface area (Å²) in [5.74, 6) is 0.908. The quantitative estimate of drug-likeness (QED) is 0.398. The largest absolute Gasteiger partial charge is 0.493 e. The number of carbonyl (C=O) groups is 1. The molecule has 0 N–H and O–H groups in total. The maximum Gasteiger partial charge on any atom is 0.331 e. The van der Waals surface area contributed by atoms with Gasteiger partial charge in [0.1, 0.15) is 13.2 Å². The molecule has 0 radical (unpaired) electrons. The first-order chi connectivity index (χ1) is 11.4. The standard InChI is InChI=1S/C20H26O4/c1-15(2)10-12-23-18-8-6-17(14-19(18)22-5)7-9-20(21)24-13-11-16(3)4/h6-11,14H,12-13H2,1-5H3/b9-7+. The van der Waals surface area contributed by atoms with Crippen LogP contribution in [0.1, 0.15) is 33.3 Å². The Bertz CT molecular complexity index is 631. The van der Waals surface area contributed by atoms with Crippen LogP contribution >= 0.6 is 0 Å². The summed E-state index contributed by atoms with van der Waals surface area (Å²) >= 11 is 0. The molecule has 0 bridgehead atoms. The number of allylic oxidation sites excluding steroid dienone is 2. The second-order valence-corrected chi connectivity index (χ2v) is 5.75. The summed E-state index contributed by atoms with van der Waals surface area (Å²) in [6, 6.07) is 5.50. The van der Waals surface area contributed by atoms with Crippen LogP contribution in [0.2, 0.25) is 0 Å². The Balaban J connectivity index is 2.69. The third-order valence-corrected chi connectivity index (χ3v) is 3.05. The van der Waals surface area contributed by atoms with E-state index < -0.39 is 0 Å². The smallest absolute Gasteiger partial charge is 0.331 e. The Hall–Kier alpha value is -2.49. The van der Waals surface area contributed by atoms with Crippen LogP contribution in [0.15, 0.2) is 47.6 Å². The lowest BCUT2D eigenvalue weighted by Crippen LogP contribution is -2.00. The number of hydrogen-bond donors (Lipinski definition) is 0. The van der Waals surface area contributed by atoms with Crippen molar-refractivity contribution in [3.63, 3.8) is 0 Å². The Labute approximate surface area is 144 Å². The highest BCUT2D eigenvalue weighted by atomic mass is 16.5. The van der Waals surface area contributed by atoms with Crippen LogP contribution in [0, 0.1) is 0 Å². The van der Waals surface area contributed by atoms with Gasteiger partial charge < -0.3 is 14.2 Å². The zero-order valence-electron chi connectivity index (χ0n) is 15.1. The van der Waals surface area contributed by atoms with E-state index in [1.807, 2.05) is 58.0 Å². The summed E-state index contributed by atoms with van der Waals surface area (Å²) in [7, 11) is 1.59. The van der Waals surface area contributed by atoms with Crippen molar-refractivity contribution in [2.75, 3.05) is 20.3 Å². The Morgan fingerprint density at radius 3 is 2.29 bits per heavy atom. The van der Waals surface area contributed by atoms with Crippen molar-refractivity contribution in [3.8, 4) is 11.5 Å². The number of carbonyl (C=O) groups excluding carboxylic acids is 1. The predicted molar refractivity (Wildman–Crippen MR) is 97.3 cm³/mol. The Morgan fingerprint density at radius 1 is 1.00 bits per heavy atom. The van der Waals surface area contributed by atoms with Crippen molar-refractivity contribution in [1.29, 1.82) is 0 Å². The first-order valence-corrected chi connectivity index (χ1v) is 7.84. The highest BCUT2D eigenvalue weighted by molar-refractivity contribution is 5.87. The second kappa shape index (κ2) is 10.3. The van der Waals surface area contributed by atoms with Crippen molar-refractivity contribution >= 4 is 12.0 Å². The molecule has 0 fully saturated rings. The van der Waals surface area contributed by atoms with E-state index in [-0.39, 0.29) is 12.6 Å². The van der Waals surface area contributed by atoms with Gasteiger partial charge in [-0.25, -0.2) is 4.79 Å². The van der Waals surface area contributed by atoms with Gasteiger partial charge in [0.15, 0.2) is 11.5 Å². The number of methoxy groups -OCH3 is 1. The molecule has 1 aromatic carbocycles. The minimum Gasteiger partial charge on any atom is -0.493 e. The molecule has 0 aliphatic rings. The average molecular weight is 330 g/mol. The maximum absolute atomic E-state index is 11.6. The molecule has 4 heteroatoms. The lowest BCUT2D eigenvalue weighted by Gasteiger charge is -2.10. The molecule has 0 spiro atoms. The van der Waals surface area contributed by atoms with Crippen molar-refractivity contribution in [3.05, 3.63) is 53.1 Å². The normalized spacial score (nSPS) is 10.2. The first-order valence-electron chi connectivity index (χ1n) is 7.84. The van der Waals surface area contributed by atoms with E-state index in [0.717, 1.165) is 11.1 Å². The Morgan fingerprint density at radius 2 is 1.67 bits per heavy atom. The summed E-state index contributed by atoms with van der Waals surface area (Å²) in [5, 5.41) is 0. The van der Waals surface area contributed by atoms with Gasteiger partial charge in [-0.15, -0.1) is 0 Å². The SMILES string of the molecule is COc1cc(/C=C/C(=O)OCC=C(C)C)ccc1OCC=C(C)C. The van der Waals surface area contributed by atoms with E-state index in [9.17, 15) is 4.79 Å². The monoisotopic (exact) mass is 330 g/mol. The van der Waals surface area contributed by atoms with Crippen LogP contribution in [0.25, 0.3) is 6.08 Å². The van der Waals surface area contributed by atoms with Gasteiger partial charge in [-0.05, 0) is 63.6 Å². The molecule has 4 nitrogen and oxygen atoms in total. The molecule has 1 aromatic rings. The molecule has 0 aromatic heterocycles. The molecule has 0 atom stereocenters. The van der Waals surface area contributed by atoms with Gasteiger partial charge in [-0.1, -0.05) is 17.2 Å². The van der Waals surface area contributed by atoms with E-state index in [4.69, 9.17) is 14.2 Å². The van der Waals surface area contributed by atoms with E-state index in [1.54, 1.807) is 13.2 Å². The van der Waals surface area contributed by atoms with Gasteiger partial charge in [0.2, 0.25) is 0 Å². The van der Waals surface area contributed by atoms with E-state index >= 15 is 0 Å². The van der Waals surface area contributed by atoms with Crippen molar-refractivity contribution in [2.24, 2.45) is 0 Å². The van der Waals surface area contributed by atoms with Gasteiger partial charge in [-0.2, -0.15) is 0 Å². The van der Waals surface area contributed by atoms with Crippen LogP contribution in [0.4, 0.5) is 0 Å². The fourth-order valence-electron chi connectivity index (χ4n) is 1.71. The molecule has 1 rings (SSSR count). The molecule has 0 amide bonds. The lowest BCUT2D eigenvalue weighted by atomic mass is 10.2. The summed E-state index contributed by atoms with van der Waals surface area (Å²) in [6.45, 7) is 8.72. The minimum atomic E-state index is -0.379. The third-order valence-electron chi connectivity index (χ3n) is 3.05. The van der Waals surface area contributed by atoms with Crippen molar-refractivity contribution in [2.45, 2.75) is 27.7 Å². The van der Waals surface area contributed by atoms with Crippen molar-refractivity contribution in [1.82, 2.24) is 0 Å². The zero-order valence-corrected chi connectivity index (χ0v) is 15.1. The van der Waals surface area contributed by atoms with Gasteiger partial charge in [0, 0.05) is 6.08 Å². The average Bonchev–Trinajstić information content (AvgIpc) is 2.53. The number of benzene rings is 1. The molecular formula is C20H26O4. The van der Waals surface area contributed by atoms with Crippen LogP contribution in [-0.2, 0) is 9.53 Å². The van der Waals surface area contributed by atoms with Crippen LogP contribution in [0.5, 0.6) is 11.5 Å². The van der Waals surface area contributed by atoms with Gasteiger partial charge >= 0.3 is 5.97 Å². The highest BCUT2D eigenvalue weighted by Gasteiger charge is 2.04. The minimum absolute atomic E-state index is 0.284. The molecule has 0 saturated carbocycles. The Kier molecular flexibility index (Phi) is 8.41. The summed E-state index contributed by atoms with van der Waals surface area (Å²) in [4.78, 5) is 11.6. The number of esters is 1. The fraction of sp³-hybridized carbons (Fsp3) is 0.350. The lowest BCUT2D eigenvalue weighted by molar-refractivity contribution is -0.136. The van der Waals surface area contributed by atoms with E-state index in [0.29, 0.717) is 18.1 Å². The molecule has 24 heavy (non-hydrogen) atoms. The van der Waals surface area contributed by atoms with Crippen LogP contribution < -0.4 is 9.47 Å². The number of hydrogen-bond acceptors (Lipinski definition) is 4. The topological polar surface area (TPSA) is 44.8 Å². The highest BCUT2D eigenvalue weighted by Crippen LogP contribution is 2.28. The number of rotatable bonds is 8. The maximum atomic E-state index is 11.6. The van der Waals surface area contributed by atoms with E-state index in [2.05, 4.69) is 0 Å². The zero-order chi connectivity index (χ0) is 17.9. The van der Waals surface area contributed by atoms with Crippen LogP contribution in [-0.4, -0.2) is 26.3 Å². The molecule has 0 heterocycles. The van der Waals surface area contributed by atoms with Gasteiger partial charge in [0.05, 0.1) is 7.11 Å². The van der Waals surface area contributed by atoms with Gasteiger partial charge in [0.25, 0.3) is 0 Å².